The van der Waals surface area contributed by atoms with Gasteiger partial charge in [-0.25, -0.2) is 0 Å². The molecular weight excluding hydrogens is 198 g/mol. The van der Waals surface area contributed by atoms with Crippen molar-refractivity contribution < 1.29 is 4.74 Å². The van der Waals surface area contributed by atoms with Crippen LogP contribution in [0, 0.1) is 0 Å². The highest BCUT2D eigenvalue weighted by molar-refractivity contribution is 5.40. The van der Waals surface area contributed by atoms with Crippen molar-refractivity contribution in [3.63, 3.8) is 0 Å². The number of methoxy groups -OCH3 is 1. The van der Waals surface area contributed by atoms with E-state index in [1.165, 1.54) is 11.1 Å². The topological polar surface area (TPSA) is 35.2 Å². The molecule has 1 aromatic rings. The summed E-state index contributed by atoms with van der Waals surface area (Å²) in [6.45, 7) is 3.82. The van der Waals surface area contributed by atoms with Crippen molar-refractivity contribution in [3.05, 3.63) is 42.0 Å². The van der Waals surface area contributed by atoms with Gasteiger partial charge < -0.3 is 10.5 Å². The Bertz CT molecular complexity index is 386. The zero-order valence-electron chi connectivity index (χ0n) is 9.78. The lowest BCUT2D eigenvalue weighted by Gasteiger charge is -2.30. The van der Waals surface area contributed by atoms with Crippen LogP contribution in [-0.2, 0) is 6.42 Å². The molecule has 16 heavy (non-hydrogen) atoms. The molecule has 1 aliphatic rings. The maximum Gasteiger partial charge on any atom is 0.119 e. The predicted octanol–water partition coefficient (Wildman–Crippen LogP) is 2.63. The third kappa shape index (κ3) is 1.98. The van der Waals surface area contributed by atoms with Gasteiger partial charge in [0, 0.05) is 12.0 Å². The smallest absolute Gasteiger partial charge is 0.119 e. The summed E-state index contributed by atoms with van der Waals surface area (Å²) in [6.07, 6.45) is 5.03. The van der Waals surface area contributed by atoms with Crippen LogP contribution in [0.2, 0.25) is 0 Å². The summed E-state index contributed by atoms with van der Waals surface area (Å²) in [4.78, 5) is 0. The van der Waals surface area contributed by atoms with Crippen molar-refractivity contribution in [3.8, 4) is 5.75 Å². The first-order valence-corrected chi connectivity index (χ1v) is 5.79. The van der Waals surface area contributed by atoms with Crippen molar-refractivity contribution in [2.75, 3.05) is 7.11 Å². The molecule has 1 aromatic carbocycles. The number of hydrogen-bond donors (Lipinski definition) is 1. The minimum Gasteiger partial charge on any atom is -0.497 e. The Labute approximate surface area is 97.1 Å². The van der Waals surface area contributed by atoms with Crippen LogP contribution in [0.25, 0.3) is 0 Å². The number of hydrogen-bond acceptors (Lipinski definition) is 2. The van der Waals surface area contributed by atoms with Gasteiger partial charge in [-0.3, -0.25) is 0 Å². The Kier molecular flexibility index (Phi) is 3.30. The number of benzene rings is 1. The van der Waals surface area contributed by atoms with E-state index >= 15 is 0 Å². The zero-order chi connectivity index (χ0) is 11.5. The second kappa shape index (κ2) is 4.71. The van der Waals surface area contributed by atoms with Gasteiger partial charge in [-0.15, -0.1) is 6.58 Å². The van der Waals surface area contributed by atoms with Gasteiger partial charge in [0.15, 0.2) is 0 Å². The highest BCUT2D eigenvalue weighted by Gasteiger charge is 2.25. The van der Waals surface area contributed by atoms with Crippen molar-refractivity contribution in [2.45, 2.75) is 31.2 Å². The van der Waals surface area contributed by atoms with Crippen LogP contribution in [0.5, 0.6) is 5.75 Å². The third-order valence-electron chi connectivity index (χ3n) is 3.43. The van der Waals surface area contributed by atoms with Crippen molar-refractivity contribution >= 4 is 0 Å². The molecule has 2 atom stereocenters. The van der Waals surface area contributed by atoms with Gasteiger partial charge in [-0.2, -0.15) is 0 Å². The largest absolute Gasteiger partial charge is 0.497 e. The fourth-order valence-corrected chi connectivity index (χ4v) is 2.52. The Morgan fingerprint density at radius 1 is 1.56 bits per heavy atom. The van der Waals surface area contributed by atoms with Crippen LogP contribution in [0.3, 0.4) is 0 Å². The molecule has 0 amide bonds. The first-order chi connectivity index (χ1) is 7.76. The summed E-state index contributed by atoms with van der Waals surface area (Å²) in [5, 5.41) is 0. The number of allylic oxidation sites excluding steroid dienone is 1. The molecule has 2 unspecified atom stereocenters. The quantitative estimate of drug-likeness (QED) is 0.790. The number of rotatable bonds is 3. The van der Waals surface area contributed by atoms with Crippen molar-refractivity contribution in [1.29, 1.82) is 0 Å². The number of ether oxygens (including phenoxy) is 1. The van der Waals surface area contributed by atoms with E-state index in [0.717, 1.165) is 25.0 Å². The van der Waals surface area contributed by atoms with Gasteiger partial charge in [0.2, 0.25) is 0 Å². The van der Waals surface area contributed by atoms with E-state index in [2.05, 4.69) is 18.7 Å². The van der Waals surface area contributed by atoms with Crippen LogP contribution in [0.15, 0.2) is 30.9 Å². The molecule has 2 heteroatoms. The van der Waals surface area contributed by atoms with E-state index < -0.39 is 0 Å². The molecule has 0 bridgehead atoms. The van der Waals surface area contributed by atoms with Crippen LogP contribution < -0.4 is 10.5 Å². The van der Waals surface area contributed by atoms with Crippen molar-refractivity contribution in [2.24, 2.45) is 5.73 Å². The summed E-state index contributed by atoms with van der Waals surface area (Å²) >= 11 is 0. The molecule has 1 aliphatic carbocycles. The molecule has 2 nitrogen and oxygen atoms in total. The number of nitrogens with two attached hydrogens (primary N) is 1. The molecule has 2 rings (SSSR count). The predicted molar refractivity (Wildman–Crippen MR) is 66.8 cm³/mol. The molecule has 86 valence electrons. The SMILES string of the molecule is C=CCC1c2ccc(OC)cc2CCC1N. The molecule has 0 saturated carbocycles. The Hall–Kier alpha value is -1.28. The highest BCUT2D eigenvalue weighted by atomic mass is 16.5. The normalized spacial score (nSPS) is 23.6. The summed E-state index contributed by atoms with van der Waals surface area (Å²) in [6, 6.07) is 6.57. The molecule has 0 aromatic heterocycles. The maximum atomic E-state index is 6.17. The van der Waals surface area contributed by atoms with Gasteiger partial charge in [0.25, 0.3) is 0 Å². The summed E-state index contributed by atoms with van der Waals surface area (Å²) in [5.74, 6) is 1.36. The Morgan fingerprint density at radius 3 is 3.06 bits per heavy atom. The first kappa shape index (κ1) is 11.2. The molecule has 0 fully saturated rings. The molecule has 2 N–H and O–H groups in total. The third-order valence-corrected chi connectivity index (χ3v) is 3.43. The first-order valence-electron chi connectivity index (χ1n) is 5.79. The van der Waals surface area contributed by atoms with Crippen LogP contribution in [0.1, 0.15) is 29.9 Å². The lowest BCUT2D eigenvalue weighted by Crippen LogP contribution is -2.32. The summed E-state index contributed by atoms with van der Waals surface area (Å²) in [5.41, 5.74) is 8.93. The standard InChI is InChI=1S/C14H19NO/c1-3-4-13-12-7-6-11(16-2)9-10(12)5-8-14(13)15/h3,6-7,9,13-14H,1,4-5,8,15H2,2H3. The lowest BCUT2D eigenvalue weighted by molar-refractivity contribution is 0.411. The molecule has 0 spiro atoms. The lowest BCUT2D eigenvalue weighted by atomic mass is 9.78. The fraction of sp³-hybridized carbons (Fsp3) is 0.429. The van der Waals surface area contributed by atoms with E-state index in [1.54, 1.807) is 7.11 Å². The van der Waals surface area contributed by atoms with Crippen LogP contribution in [-0.4, -0.2) is 13.2 Å². The van der Waals surface area contributed by atoms with Gasteiger partial charge in [-0.1, -0.05) is 12.1 Å². The monoisotopic (exact) mass is 217 g/mol. The van der Waals surface area contributed by atoms with E-state index in [9.17, 15) is 0 Å². The van der Waals surface area contributed by atoms with E-state index in [4.69, 9.17) is 10.5 Å². The highest BCUT2D eigenvalue weighted by Crippen LogP contribution is 2.35. The second-order valence-electron chi connectivity index (χ2n) is 4.40. The fourth-order valence-electron chi connectivity index (χ4n) is 2.52. The van der Waals surface area contributed by atoms with E-state index in [0.29, 0.717) is 5.92 Å². The zero-order valence-corrected chi connectivity index (χ0v) is 9.78. The minimum atomic E-state index is 0.263. The van der Waals surface area contributed by atoms with Crippen LogP contribution >= 0.6 is 0 Å². The van der Waals surface area contributed by atoms with Crippen LogP contribution in [0.4, 0.5) is 0 Å². The average Bonchev–Trinajstić information content (AvgIpc) is 2.32. The second-order valence-corrected chi connectivity index (χ2v) is 4.40. The molecular formula is C14H19NO. The van der Waals surface area contributed by atoms with Gasteiger partial charge in [0.05, 0.1) is 7.11 Å². The summed E-state index contributed by atoms with van der Waals surface area (Å²) in [7, 11) is 1.71. The average molecular weight is 217 g/mol. The Morgan fingerprint density at radius 2 is 2.38 bits per heavy atom. The molecule has 0 heterocycles. The van der Waals surface area contributed by atoms with Crippen molar-refractivity contribution in [1.82, 2.24) is 0 Å². The summed E-state index contributed by atoms with van der Waals surface area (Å²) < 4.78 is 5.25. The maximum absolute atomic E-state index is 6.17. The van der Waals surface area contributed by atoms with E-state index in [-0.39, 0.29) is 6.04 Å². The Balaban J connectivity index is 2.36. The molecule has 0 radical (unpaired) electrons. The minimum absolute atomic E-state index is 0.263. The number of fused-ring (bicyclic) bond motifs is 1. The molecule has 0 saturated heterocycles. The van der Waals surface area contributed by atoms with E-state index in [1.807, 2.05) is 12.1 Å². The number of aryl methyl sites for hydroxylation is 1. The van der Waals surface area contributed by atoms with Gasteiger partial charge >= 0.3 is 0 Å². The molecule has 0 aliphatic heterocycles. The van der Waals surface area contributed by atoms with Gasteiger partial charge in [0.1, 0.15) is 5.75 Å². The van der Waals surface area contributed by atoms with Gasteiger partial charge in [-0.05, 0) is 42.5 Å².